The van der Waals surface area contributed by atoms with Crippen molar-refractivity contribution in [3.8, 4) is 0 Å². The summed E-state index contributed by atoms with van der Waals surface area (Å²) in [5.41, 5.74) is 7.25. The Morgan fingerprint density at radius 3 is 2.34 bits per heavy atom. The summed E-state index contributed by atoms with van der Waals surface area (Å²) in [6.07, 6.45) is 12.7. The molecular formula is C31H40N4O3. The van der Waals surface area contributed by atoms with Gasteiger partial charge in [0, 0.05) is 24.2 Å². The highest BCUT2D eigenvalue weighted by molar-refractivity contribution is 5.91. The van der Waals surface area contributed by atoms with Crippen molar-refractivity contribution in [2.45, 2.75) is 64.3 Å². The SMILES string of the molecule is CC(NC(=O)C12CC3CC(CC(C3)C1)C2)C(=O)N/N=C/C1=C(N2CCOCC2)C(=C/c2ccccc2)/CC1. The lowest BCUT2D eigenvalue weighted by atomic mass is 9.49. The molecule has 0 radical (unpaired) electrons. The lowest BCUT2D eigenvalue weighted by molar-refractivity contribution is -0.148. The molecule has 0 aromatic heterocycles. The number of rotatable bonds is 7. The van der Waals surface area contributed by atoms with Crippen LogP contribution in [-0.2, 0) is 14.3 Å². The van der Waals surface area contributed by atoms with Crippen LogP contribution in [0.4, 0.5) is 0 Å². The Hall–Kier alpha value is -2.93. The highest BCUT2D eigenvalue weighted by Gasteiger charge is 2.54. The van der Waals surface area contributed by atoms with Crippen molar-refractivity contribution in [2.75, 3.05) is 26.3 Å². The average molecular weight is 517 g/mol. The summed E-state index contributed by atoms with van der Waals surface area (Å²) in [6.45, 7) is 4.88. The normalized spacial score (nSPS) is 32.3. The predicted molar refractivity (Wildman–Crippen MR) is 148 cm³/mol. The number of hydrogen-bond donors (Lipinski definition) is 2. The molecule has 4 saturated carbocycles. The molecule has 4 bridgehead atoms. The Kier molecular flexibility index (Phi) is 7.12. The van der Waals surface area contributed by atoms with Crippen LogP contribution in [0.3, 0.4) is 0 Å². The van der Waals surface area contributed by atoms with Gasteiger partial charge < -0.3 is 15.0 Å². The number of nitrogens with zero attached hydrogens (tertiary/aromatic N) is 2. The Bertz CT molecular complexity index is 1110. The Labute approximate surface area is 225 Å². The fourth-order valence-corrected chi connectivity index (χ4v) is 8.00. The number of carbonyl (C=O) groups is 2. The van der Waals surface area contributed by atoms with Crippen LogP contribution in [0.2, 0.25) is 0 Å². The van der Waals surface area contributed by atoms with Crippen LogP contribution in [-0.4, -0.2) is 55.3 Å². The van der Waals surface area contributed by atoms with Gasteiger partial charge in [0.15, 0.2) is 0 Å². The second-order valence-electron chi connectivity index (χ2n) is 12.2. The third-order valence-corrected chi connectivity index (χ3v) is 9.40. The third kappa shape index (κ3) is 5.18. The molecular weight excluding hydrogens is 476 g/mol. The summed E-state index contributed by atoms with van der Waals surface area (Å²) in [4.78, 5) is 28.6. The highest BCUT2D eigenvalue weighted by atomic mass is 16.5. The molecule has 5 fully saturated rings. The monoisotopic (exact) mass is 516 g/mol. The Balaban J connectivity index is 1.11. The van der Waals surface area contributed by atoms with Gasteiger partial charge in [-0.1, -0.05) is 30.3 Å². The molecule has 202 valence electrons. The van der Waals surface area contributed by atoms with Gasteiger partial charge in [-0.15, -0.1) is 0 Å². The van der Waals surface area contributed by atoms with Crippen molar-refractivity contribution < 1.29 is 14.3 Å². The van der Waals surface area contributed by atoms with Crippen LogP contribution in [0.15, 0.2) is 52.3 Å². The molecule has 1 aromatic carbocycles. The maximum absolute atomic E-state index is 13.3. The average Bonchev–Trinajstić information content (AvgIpc) is 3.31. The first-order valence-corrected chi connectivity index (χ1v) is 14.4. The van der Waals surface area contributed by atoms with Crippen molar-refractivity contribution in [3.63, 3.8) is 0 Å². The van der Waals surface area contributed by atoms with Crippen molar-refractivity contribution >= 4 is 24.1 Å². The van der Waals surface area contributed by atoms with Gasteiger partial charge in [-0.2, -0.15) is 5.10 Å². The van der Waals surface area contributed by atoms with E-state index in [-0.39, 0.29) is 17.2 Å². The van der Waals surface area contributed by atoms with E-state index in [2.05, 4.69) is 51.1 Å². The number of hydrazone groups is 1. The minimum absolute atomic E-state index is 0.0759. The molecule has 1 aromatic rings. The van der Waals surface area contributed by atoms with Crippen LogP contribution in [0.25, 0.3) is 6.08 Å². The third-order valence-electron chi connectivity index (χ3n) is 9.40. The molecule has 38 heavy (non-hydrogen) atoms. The van der Waals surface area contributed by atoms with E-state index in [4.69, 9.17) is 4.74 Å². The van der Waals surface area contributed by atoms with E-state index in [1.165, 1.54) is 36.1 Å². The quantitative estimate of drug-likeness (QED) is 0.419. The first kappa shape index (κ1) is 25.4. The van der Waals surface area contributed by atoms with Gasteiger partial charge in [0.25, 0.3) is 5.91 Å². The zero-order valence-corrected chi connectivity index (χ0v) is 22.5. The molecule has 7 heteroatoms. The highest BCUT2D eigenvalue weighted by Crippen LogP contribution is 2.60. The molecule has 6 aliphatic rings. The van der Waals surface area contributed by atoms with Gasteiger partial charge in [0.1, 0.15) is 6.04 Å². The van der Waals surface area contributed by atoms with Crippen LogP contribution in [0, 0.1) is 23.2 Å². The van der Waals surface area contributed by atoms with Gasteiger partial charge in [-0.3, -0.25) is 9.59 Å². The minimum Gasteiger partial charge on any atom is -0.378 e. The molecule has 2 amide bonds. The summed E-state index contributed by atoms with van der Waals surface area (Å²) in [7, 11) is 0. The molecule has 1 atom stereocenters. The molecule has 1 saturated heterocycles. The van der Waals surface area contributed by atoms with Crippen molar-refractivity contribution in [2.24, 2.45) is 28.3 Å². The summed E-state index contributed by atoms with van der Waals surface area (Å²) < 4.78 is 5.59. The number of allylic oxidation sites excluding steroid dienone is 2. The van der Waals surface area contributed by atoms with Crippen molar-refractivity contribution in [1.29, 1.82) is 0 Å². The van der Waals surface area contributed by atoms with E-state index < -0.39 is 6.04 Å². The van der Waals surface area contributed by atoms with E-state index in [0.29, 0.717) is 31.0 Å². The first-order chi connectivity index (χ1) is 18.5. The number of nitrogens with one attached hydrogen (secondary N) is 2. The number of hydrogen-bond acceptors (Lipinski definition) is 5. The molecule has 1 aliphatic heterocycles. The molecule has 1 unspecified atom stereocenters. The number of amides is 2. The summed E-state index contributed by atoms with van der Waals surface area (Å²) in [5.74, 6) is 1.89. The number of ether oxygens (including phenoxy) is 1. The number of benzene rings is 1. The lowest BCUT2D eigenvalue weighted by Gasteiger charge is -2.55. The predicted octanol–water partition coefficient (Wildman–Crippen LogP) is 4.27. The van der Waals surface area contributed by atoms with E-state index in [1.807, 2.05) is 6.07 Å². The number of morpholine rings is 1. The lowest BCUT2D eigenvalue weighted by Crippen LogP contribution is -2.56. The summed E-state index contributed by atoms with van der Waals surface area (Å²) >= 11 is 0. The number of carbonyl (C=O) groups excluding carboxylic acids is 2. The molecule has 1 heterocycles. The van der Waals surface area contributed by atoms with E-state index in [9.17, 15) is 9.59 Å². The largest absolute Gasteiger partial charge is 0.378 e. The topological polar surface area (TPSA) is 83.0 Å². The van der Waals surface area contributed by atoms with Gasteiger partial charge in [-0.25, -0.2) is 5.43 Å². The van der Waals surface area contributed by atoms with Crippen LogP contribution in [0.5, 0.6) is 0 Å². The molecule has 7 rings (SSSR count). The van der Waals surface area contributed by atoms with Crippen LogP contribution < -0.4 is 10.7 Å². The van der Waals surface area contributed by atoms with E-state index in [1.54, 1.807) is 13.1 Å². The maximum atomic E-state index is 13.3. The van der Waals surface area contributed by atoms with E-state index in [0.717, 1.165) is 50.8 Å². The van der Waals surface area contributed by atoms with Gasteiger partial charge >= 0.3 is 0 Å². The molecule has 5 aliphatic carbocycles. The van der Waals surface area contributed by atoms with Gasteiger partial charge in [0.2, 0.25) is 5.91 Å². The maximum Gasteiger partial charge on any atom is 0.262 e. The molecule has 0 spiro atoms. The summed E-state index contributed by atoms with van der Waals surface area (Å²) in [5, 5.41) is 7.38. The van der Waals surface area contributed by atoms with E-state index >= 15 is 0 Å². The minimum atomic E-state index is -0.613. The fourth-order valence-electron chi connectivity index (χ4n) is 8.00. The fraction of sp³-hybridized carbons (Fsp3) is 0.581. The van der Waals surface area contributed by atoms with Gasteiger partial charge in [-0.05, 0) is 98.8 Å². The molecule has 7 nitrogen and oxygen atoms in total. The van der Waals surface area contributed by atoms with Crippen LogP contribution in [0.1, 0.15) is 63.9 Å². The van der Waals surface area contributed by atoms with Gasteiger partial charge in [0.05, 0.1) is 19.4 Å². The smallest absolute Gasteiger partial charge is 0.262 e. The zero-order chi connectivity index (χ0) is 26.1. The summed E-state index contributed by atoms with van der Waals surface area (Å²) in [6, 6.07) is 9.77. The van der Waals surface area contributed by atoms with Crippen molar-refractivity contribution in [3.05, 3.63) is 52.7 Å². The second kappa shape index (κ2) is 10.7. The Morgan fingerprint density at radius 1 is 1.03 bits per heavy atom. The second-order valence-corrected chi connectivity index (χ2v) is 12.2. The Morgan fingerprint density at radius 2 is 1.68 bits per heavy atom. The zero-order valence-electron chi connectivity index (χ0n) is 22.5. The van der Waals surface area contributed by atoms with Crippen LogP contribution >= 0.6 is 0 Å². The van der Waals surface area contributed by atoms with Crippen molar-refractivity contribution in [1.82, 2.24) is 15.6 Å². The standard InChI is InChI=1S/C31H40N4O3/c1-21(33-30(37)31-17-23-13-24(18-31)15-25(14-23)19-31)29(36)34-32-20-27-8-7-26(16-22-5-3-2-4-6-22)28(27)35-9-11-38-12-10-35/h2-6,16,20-21,23-25H,7-15,17-19H2,1H3,(H,33,37)(H,34,36)/b26-16+,32-20+. The molecule has 2 N–H and O–H groups in total. The first-order valence-electron chi connectivity index (χ1n) is 14.4.